The number of rotatable bonds is 7. The van der Waals surface area contributed by atoms with Crippen molar-refractivity contribution in [2.45, 2.75) is 26.7 Å². The van der Waals surface area contributed by atoms with Gasteiger partial charge in [-0.2, -0.15) is 0 Å². The molecule has 3 heteroatoms. The van der Waals surface area contributed by atoms with Gasteiger partial charge in [0.2, 0.25) is 5.91 Å². The fraction of sp³-hybridized carbons (Fsp3) is 0.438. The lowest BCUT2D eigenvalue weighted by molar-refractivity contribution is -0.128. The molecule has 0 atom stereocenters. The van der Waals surface area contributed by atoms with Gasteiger partial charge >= 0.3 is 0 Å². The molecule has 0 radical (unpaired) electrons. The Labute approximate surface area is 115 Å². The van der Waals surface area contributed by atoms with Crippen LogP contribution in [0.15, 0.2) is 36.9 Å². The van der Waals surface area contributed by atoms with Crippen molar-refractivity contribution < 1.29 is 9.53 Å². The molecule has 104 valence electrons. The van der Waals surface area contributed by atoms with Crippen LogP contribution in [-0.4, -0.2) is 30.5 Å². The summed E-state index contributed by atoms with van der Waals surface area (Å²) in [6.45, 7) is 11.2. The summed E-state index contributed by atoms with van der Waals surface area (Å²) >= 11 is 0. The first-order chi connectivity index (χ1) is 9.04. The number of hydrogen-bond donors (Lipinski definition) is 0. The van der Waals surface area contributed by atoms with E-state index in [1.165, 1.54) is 5.56 Å². The lowest BCUT2D eigenvalue weighted by Crippen LogP contribution is -2.32. The zero-order chi connectivity index (χ0) is 14.3. The number of carbonyl (C=O) groups excluding carboxylic acids is 1. The van der Waals surface area contributed by atoms with Crippen molar-refractivity contribution in [3.8, 4) is 5.75 Å². The Bertz CT molecular complexity index is 409. The standard InChI is InChI=1S/C16H23NO2/c1-5-10-17(14(4)18)11-12-19-16-8-6-15(7-9-16)13(2)3/h5-9,13H,1,10-12H2,2-4H3. The molecule has 3 nitrogen and oxygen atoms in total. The van der Waals surface area contributed by atoms with Gasteiger partial charge in [-0.25, -0.2) is 0 Å². The van der Waals surface area contributed by atoms with Crippen molar-refractivity contribution >= 4 is 5.91 Å². The molecule has 0 aliphatic rings. The molecule has 0 aliphatic carbocycles. The van der Waals surface area contributed by atoms with Crippen LogP contribution in [0.1, 0.15) is 32.3 Å². The van der Waals surface area contributed by atoms with Crippen LogP contribution in [0.2, 0.25) is 0 Å². The maximum Gasteiger partial charge on any atom is 0.219 e. The third-order valence-corrected chi connectivity index (χ3v) is 2.97. The minimum atomic E-state index is 0.0404. The molecule has 1 aromatic rings. The Morgan fingerprint density at radius 2 is 2.00 bits per heavy atom. The molecule has 0 N–H and O–H groups in total. The first kappa shape index (κ1) is 15.3. The van der Waals surface area contributed by atoms with Crippen LogP contribution in [0.3, 0.4) is 0 Å². The first-order valence-corrected chi connectivity index (χ1v) is 6.63. The van der Waals surface area contributed by atoms with Gasteiger partial charge in [0.05, 0.1) is 6.54 Å². The Balaban J connectivity index is 2.43. The molecule has 0 aromatic heterocycles. The summed E-state index contributed by atoms with van der Waals surface area (Å²) in [6.07, 6.45) is 1.72. The fourth-order valence-corrected chi connectivity index (χ4v) is 1.76. The van der Waals surface area contributed by atoms with Crippen molar-refractivity contribution in [2.24, 2.45) is 0 Å². The molecular weight excluding hydrogens is 238 g/mol. The van der Waals surface area contributed by atoms with Crippen molar-refractivity contribution in [2.75, 3.05) is 19.7 Å². The number of carbonyl (C=O) groups is 1. The second-order valence-corrected chi connectivity index (χ2v) is 4.83. The fourth-order valence-electron chi connectivity index (χ4n) is 1.76. The van der Waals surface area contributed by atoms with E-state index >= 15 is 0 Å². The van der Waals surface area contributed by atoms with E-state index in [9.17, 15) is 4.79 Å². The van der Waals surface area contributed by atoms with Crippen molar-refractivity contribution in [1.82, 2.24) is 4.90 Å². The van der Waals surface area contributed by atoms with E-state index in [0.29, 0.717) is 25.6 Å². The minimum absolute atomic E-state index is 0.0404. The second-order valence-electron chi connectivity index (χ2n) is 4.83. The number of nitrogens with zero attached hydrogens (tertiary/aromatic N) is 1. The molecule has 0 bridgehead atoms. The minimum Gasteiger partial charge on any atom is -0.492 e. The third kappa shape index (κ3) is 5.16. The predicted molar refractivity (Wildman–Crippen MR) is 78.5 cm³/mol. The van der Waals surface area contributed by atoms with Crippen molar-refractivity contribution in [1.29, 1.82) is 0 Å². The highest BCUT2D eigenvalue weighted by Gasteiger charge is 2.06. The van der Waals surface area contributed by atoms with Gasteiger partial charge in [-0.15, -0.1) is 6.58 Å². The third-order valence-electron chi connectivity index (χ3n) is 2.97. The van der Waals surface area contributed by atoms with Gasteiger partial charge in [0.25, 0.3) is 0 Å². The number of hydrogen-bond acceptors (Lipinski definition) is 2. The summed E-state index contributed by atoms with van der Waals surface area (Å²) in [5.74, 6) is 1.40. The quantitative estimate of drug-likeness (QED) is 0.705. The molecular formula is C16H23NO2. The van der Waals surface area contributed by atoms with Crippen LogP contribution in [0.25, 0.3) is 0 Å². The zero-order valence-corrected chi connectivity index (χ0v) is 12.1. The number of benzene rings is 1. The molecule has 0 heterocycles. The van der Waals surface area contributed by atoms with Crippen molar-refractivity contribution in [3.05, 3.63) is 42.5 Å². The monoisotopic (exact) mass is 261 g/mol. The molecule has 0 saturated carbocycles. The maximum atomic E-state index is 11.3. The van der Waals surface area contributed by atoms with Crippen LogP contribution >= 0.6 is 0 Å². The summed E-state index contributed by atoms with van der Waals surface area (Å²) in [5.41, 5.74) is 1.30. The largest absolute Gasteiger partial charge is 0.492 e. The van der Waals surface area contributed by atoms with Gasteiger partial charge in [-0.05, 0) is 23.6 Å². The summed E-state index contributed by atoms with van der Waals surface area (Å²) in [5, 5.41) is 0. The summed E-state index contributed by atoms with van der Waals surface area (Å²) in [7, 11) is 0. The van der Waals surface area contributed by atoms with E-state index in [1.807, 2.05) is 12.1 Å². The predicted octanol–water partition coefficient (Wildman–Crippen LogP) is 3.22. The first-order valence-electron chi connectivity index (χ1n) is 6.63. The number of ether oxygens (including phenoxy) is 1. The smallest absolute Gasteiger partial charge is 0.219 e. The molecule has 0 saturated heterocycles. The molecule has 1 rings (SSSR count). The van der Waals surface area contributed by atoms with E-state index in [0.717, 1.165) is 5.75 Å². The average Bonchev–Trinajstić information content (AvgIpc) is 2.38. The summed E-state index contributed by atoms with van der Waals surface area (Å²) in [6, 6.07) is 8.10. The van der Waals surface area contributed by atoms with E-state index < -0.39 is 0 Å². The highest BCUT2D eigenvalue weighted by molar-refractivity contribution is 5.73. The lowest BCUT2D eigenvalue weighted by atomic mass is 10.0. The van der Waals surface area contributed by atoms with Crippen LogP contribution < -0.4 is 4.74 Å². The van der Waals surface area contributed by atoms with Crippen LogP contribution in [0.4, 0.5) is 0 Å². The highest BCUT2D eigenvalue weighted by atomic mass is 16.5. The van der Waals surface area contributed by atoms with E-state index in [-0.39, 0.29) is 5.91 Å². The summed E-state index contributed by atoms with van der Waals surface area (Å²) < 4.78 is 5.64. The molecule has 1 amide bonds. The van der Waals surface area contributed by atoms with Gasteiger partial charge < -0.3 is 9.64 Å². The zero-order valence-electron chi connectivity index (χ0n) is 12.1. The maximum absolute atomic E-state index is 11.3. The van der Waals surface area contributed by atoms with Crippen LogP contribution in [-0.2, 0) is 4.79 Å². The molecule has 0 spiro atoms. The van der Waals surface area contributed by atoms with Gasteiger partial charge in [-0.1, -0.05) is 32.1 Å². The Kier molecular flexibility index (Phi) is 6.13. The van der Waals surface area contributed by atoms with E-state index in [4.69, 9.17) is 4.74 Å². The van der Waals surface area contributed by atoms with Crippen LogP contribution in [0, 0.1) is 0 Å². The van der Waals surface area contributed by atoms with Gasteiger partial charge in [0.15, 0.2) is 0 Å². The normalized spacial score (nSPS) is 10.3. The average molecular weight is 261 g/mol. The number of amides is 1. The van der Waals surface area contributed by atoms with E-state index in [1.54, 1.807) is 17.9 Å². The van der Waals surface area contributed by atoms with Crippen LogP contribution in [0.5, 0.6) is 5.75 Å². The SMILES string of the molecule is C=CCN(CCOc1ccc(C(C)C)cc1)C(C)=O. The van der Waals surface area contributed by atoms with Crippen molar-refractivity contribution in [3.63, 3.8) is 0 Å². The van der Waals surface area contributed by atoms with Gasteiger partial charge in [-0.3, -0.25) is 4.79 Å². The van der Waals surface area contributed by atoms with Gasteiger partial charge in [0, 0.05) is 13.5 Å². The molecule has 19 heavy (non-hydrogen) atoms. The Hall–Kier alpha value is -1.77. The Morgan fingerprint density at radius 3 is 2.47 bits per heavy atom. The molecule has 0 aliphatic heterocycles. The van der Waals surface area contributed by atoms with E-state index in [2.05, 4.69) is 32.6 Å². The highest BCUT2D eigenvalue weighted by Crippen LogP contribution is 2.18. The molecule has 0 unspecified atom stereocenters. The lowest BCUT2D eigenvalue weighted by Gasteiger charge is -2.19. The topological polar surface area (TPSA) is 29.5 Å². The molecule has 0 fully saturated rings. The van der Waals surface area contributed by atoms with Gasteiger partial charge in [0.1, 0.15) is 12.4 Å². The Morgan fingerprint density at radius 1 is 1.37 bits per heavy atom. The summed E-state index contributed by atoms with van der Waals surface area (Å²) in [4.78, 5) is 13.0. The second kappa shape index (κ2) is 7.62. The molecule has 1 aromatic carbocycles.